The minimum absolute atomic E-state index is 0.173. The topological polar surface area (TPSA) is 8.17 Å². The number of anilines is 3. The van der Waals surface area contributed by atoms with E-state index in [1.54, 1.807) is 0 Å². The highest BCUT2D eigenvalue weighted by atomic mass is 15.1. The van der Waals surface area contributed by atoms with Crippen LogP contribution in [0.15, 0.2) is 200 Å². The number of nitrogens with zero attached hydrogens (tertiary/aromatic N) is 2. The molecule has 60 heavy (non-hydrogen) atoms. The first kappa shape index (κ1) is 38.9. The van der Waals surface area contributed by atoms with Crippen molar-refractivity contribution in [1.29, 1.82) is 0 Å². The molecule has 0 N–H and O–H groups in total. The maximum Gasteiger partial charge on any atom is 0.0542 e. The molecular weight excluding hydrogens is 725 g/mol. The fraction of sp³-hybridized carbons (Fsp3) is 0.172. The van der Waals surface area contributed by atoms with E-state index in [4.69, 9.17) is 0 Å². The van der Waals surface area contributed by atoms with E-state index in [0.29, 0.717) is 5.92 Å². The van der Waals surface area contributed by atoms with Gasteiger partial charge >= 0.3 is 0 Å². The number of aromatic nitrogens is 1. The molecule has 1 unspecified atom stereocenters. The summed E-state index contributed by atoms with van der Waals surface area (Å²) >= 11 is 0. The average Bonchev–Trinajstić information content (AvgIpc) is 3.59. The van der Waals surface area contributed by atoms with Gasteiger partial charge in [-0.05, 0) is 129 Å². The van der Waals surface area contributed by atoms with Crippen LogP contribution in [0.4, 0.5) is 17.1 Å². The number of para-hydroxylation sites is 1. The van der Waals surface area contributed by atoms with Crippen LogP contribution in [0.25, 0.3) is 60.9 Å². The van der Waals surface area contributed by atoms with Gasteiger partial charge in [0.25, 0.3) is 0 Å². The number of rotatable bonds is 9. The van der Waals surface area contributed by atoms with Crippen LogP contribution >= 0.6 is 0 Å². The highest BCUT2D eigenvalue weighted by Gasteiger charge is 2.30. The van der Waals surface area contributed by atoms with Gasteiger partial charge in [0, 0.05) is 33.5 Å². The van der Waals surface area contributed by atoms with Gasteiger partial charge in [0.2, 0.25) is 0 Å². The first-order chi connectivity index (χ1) is 29.0. The number of hydrogen-bond donors (Lipinski definition) is 0. The summed E-state index contributed by atoms with van der Waals surface area (Å²) in [6.07, 6.45) is 1.15. The lowest BCUT2D eigenvalue weighted by Gasteiger charge is -2.36. The van der Waals surface area contributed by atoms with Crippen molar-refractivity contribution in [2.24, 2.45) is 10.8 Å². The van der Waals surface area contributed by atoms with Crippen LogP contribution in [0.3, 0.4) is 0 Å². The smallest absolute Gasteiger partial charge is 0.0542 e. The van der Waals surface area contributed by atoms with E-state index in [0.717, 1.165) is 29.2 Å². The lowest BCUT2D eigenvalue weighted by molar-refractivity contribution is 0.229. The predicted octanol–water partition coefficient (Wildman–Crippen LogP) is 16.8. The van der Waals surface area contributed by atoms with Crippen LogP contribution < -0.4 is 4.90 Å². The standard InChI is InChI=1S/C58H54N2/c1-57(2,3)40-54(58(4,5)6)46-24-22-45(23-25-46)47-30-36-55-52(38-47)53-39-51(35-37-56(53)60(55)48-20-14-9-15-21-48)59(49-31-26-43(27-32-49)41-16-10-7-11-17-41)50-33-28-44(29-34-50)42-18-12-8-13-19-42/h7-39,54H,40H2,1-6H3. The Morgan fingerprint density at radius 2 is 0.800 bits per heavy atom. The van der Waals surface area contributed by atoms with Crippen LogP contribution in [-0.4, -0.2) is 4.57 Å². The van der Waals surface area contributed by atoms with Crippen molar-refractivity contribution in [2.45, 2.75) is 53.9 Å². The second kappa shape index (κ2) is 15.8. The molecule has 0 spiro atoms. The average molecular weight is 779 g/mol. The Morgan fingerprint density at radius 1 is 0.400 bits per heavy atom. The summed E-state index contributed by atoms with van der Waals surface area (Å²) in [6.45, 7) is 14.2. The lowest BCUT2D eigenvalue weighted by Crippen LogP contribution is -2.23. The van der Waals surface area contributed by atoms with Gasteiger partial charge in [0.05, 0.1) is 11.0 Å². The third-order valence-electron chi connectivity index (χ3n) is 12.0. The maximum absolute atomic E-state index is 2.41. The second-order valence-electron chi connectivity index (χ2n) is 18.6. The molecule has 0 radical (unpaired) electrons. The van der Waals surface area contributed by atoms with Crippen LogP contribution in [-0.2, 0) is 0 Å². The van der Waals surface area contributed by atoms with E-state index < -0.39 is 0 Å². The molecule has 1 atom stereocenters. The van der Waals surface area contributed by atoms with Gasteiger partial charge in [-0.25, -0.2) is 0 Å². The van der Waals surface area contributed by atoms with Gasteiger partial charge in [-0.1, -0.05) is 175 Å². The molecule has 0 fully saturated rings. The largest absolute Gasteiger partial charge is 0.310 e. The molecule has 9 rings (SSSR count). The molecule has 0 aliphatic heterocycles. The Hall–Kier alpha value is -6.64. The predicted molar refractivity (Wildman–Crippen MR) is 258 cm³/mol. The molecule has 2 nitrogen and oxygen atoms in total. The lowest BCUT2D eigenvalue weighted by atomic mass is 9.69. The quantitative estimate of drug-likeness (QED) is 0.142. The SMILES string of the molecule is CC(C)(C)CC(c1ccc(-c2ccc3c(c2)c2cc(N(c4ccc(-c5ccccc5)cc4)c4ccc(-c5ccccc5)cc4)ccc2n3-c2ccccc2)cc1)C(C)(C)C. The van der Waals surface area contributed by atoms with Crippen LogP contribution in [0.5, 0.6) is 0 Å². The monoisotopic (exact) mass is 778 g/mol. The highest BCUT2D eigenvalue weighted by Crippen LogP contribution is 2.45. The van der Waals surface area contributed by atoms with Gasteiger partial charge in [0.1, 0.15) is 0 Å². The van der Waals surface area contributed by atoms with Gasteiger partial charge < -0.3 is 9.47 Å². The van der Waals surface area contributed by atoms with E-state index in [9.17, 15) is 0 Å². The number of fused-ring (bicyclic) bond motifs is 3. The van der Waals surface area contributed by atoms with E-state index >= 15 is 0 Å². The van der Waals surface area contributed by atoms with Crippen molar-refractivity contribution < 1.29 is 0 Å². The molecule has 0 bridgehead atoms. The maximum atomic E-state index is 2.41. The van der Waals surface area contributed by atoms with Crippen LogP contribution in [0.2, 0.25) is 0 Å². The van der Waals surface area contributed by atoms with Crippen molar-refractivity contribution in [3.05, 3.63) is 206 Å². The molecular formula is C58H54N2. The molecule has 296 valence electrons. The van der Waals surface area contributed by atoms with Crippen molar-refractivity contribution in [2.75, 3.05) is 4.90 Å². The Kier molecular flexibility index (Phi) is 10.3. The third kappa shape index (κ3) is 7.91. The summed E-state index contributed by atoms with van der Waals surface area (Å²) in [7, 11) is 0. The molecule has 1 heterocycles. The Labute approximate surface area is 356 Å². The first-order valence-electron chi connectivity index (χ1n) is 21.4. The second-order valence-corrected chi connectivity index (χ2v) is 18.6. The number of hydrogen-bond acceptors (Lipinski definition) is 1. The summed E-state index contributed by atoms with van der Waals surface area (Å²) < 4.78 is 2.41. The molecule has 0 saturated carbocycles. The minimum atomic E-state index is 0.173. The summed E-state index contributed by atoms with van der Waals surface area (Å²) in [5, 5.41) is 2.45. The fourth-order valence-corrected chi connectivity index (χ4v) is 8.94. The molecule has 9 aromatic rings. The van der Waals surface area contributed by atoms with Gasteiger partial charge in [-0.2, -0.15) is 0 Å². The van der Waals surface area contributed by atoms with Crippen molar-refractivity contribution in [1.82, 2.24) is 4.57 Å². The molecule has 8 aromatic carbocycles. The molecule has 0 amide bonds. The molecule has 0 aliphatic rings. The van der Waals surface area contributed by atoms with Gasteiger partial charge in [-0.3, -0.25) is 0 Å². The Balaban J connectivity index is 1.18. The zero-order chi connectivity index (χ0) is 41.4. The Bertz CT molecular complexity index is 2770. The summed E-state index contributed by atoms with van der Waals surface area (Å²) in [5.41, 5.74) is 16.0. The van der Waals surface area contributed by atoms with Gasteiger partial charge in [0.15, 0.2) is 0 Å². The van der Waals surface area contributed by atoms with E-state index in [-0.39, 0.29) is 10.8 Å². The third-order valence-corrected chi connectivity index (χ3v) is 12.0. The van der Waals surface area contributed by atoms with Gasteiger partial charge in [-0.15, -0.1) is 0 Å². The molecule has 0 saturated heterocycles. The molecule has 1 aromatic heterocycles. The van der Waals surface area contributed by atoms with Crippen molar-refractivity contribution in [3.8, 4) is 39.1 Å². The molecule has 2 heteroatoms. The van der Waals surface area contributed by atoms with Crippen LogP contribution in [0, 0.1) is 10.8 Å². The normalized spacial score (nSPS) is 12.5. The molecule has 0 aliphatic carbocycles. The highest BCUT2D eigenvalue weighted by molar-refractivity contribution is 6.12. The van der Waals surface area contributed by atoms with Crippen molar-refractivity contribution >= 4 is 38.9 Å². The fourth-order valence-electron chi connectivity index (χ4n) is 8.94. The first-order valence-corrected chi connectivity index (χ1v) is 21.4. The number of benzene rings is 8. The minimum Gasteiger partial charge on any atom is -0.310 e. The van der Waals surface area contributed by atoms with E-state index in [2.05, 4.69) is 251 Å². The van der Waals surface area contributed by atoms with Crippen LogP contribution in [0.1, 0.15) is 59.4 Å². The van der Waals surface area contributed by atoms with E-state index in [1.807, 2.05) is 0 Å². The van der Waals surface area contributed by atoms with E-state index in [1.165, 1.54) is 60.8 Å². The summed E-state index contributed by atoms with van der Waals surface area (Å²) in [4.78, 5) is 2.39. The Morgan fingerprint density at radius 3 is 1.30 bits per heavy atom. The zero-order valence-electron chi connectivity index (χ0n) is 35.7. The summed E-state index contributed by atoms with van der Waals surface area (Å²) in [5.74, 6) is 0.475. The summed E-state index contributed by atoms with van der Waals surface area (Å²) in [6, 6.07) is 73.3. The van der Waals surface area contributed by atoms with Crippen molar-refractivity contribution in [3.63, 3.8) is 0 Å². The zero-order valence-corrected chi connectivity index (χ0v) is 35.7.